The van der Waals surface area contributed by atoms with Crippen molar-refractivity contribution in [2.75, 3.05) is 20.3 Å². The standard InChI is InChI=1S/C20H24ClN3O2.HI/c1-3-25-19-12-15(21)9-8-14(19)13-23-20(22-2)24-17-10-11-26-18-7-5-4-6-16(17)18;/h4-9,12,17H,3,10-11,13H2,1-2H3,(H2,22,23,24);1H. The fraction of sp³-hybridized carbons (Fsp3) is 0.350. The van der Waals surface area contributed by atoms with E-state index < -0.39 is 0 Å². The summed E-state index contributed by atoms with van der Waals surface area (Å²) in [5.41, 5.74) is 2.19. The summed E-state index contributed by atoms with van der Waals surface area (Å²) in [6.45, 7) is 3.84. The van der Waals surface area contributed by atoms with Crippen LogP contribution in [0.5, 0.6) is 11.5 Å². The molecule has 0 fully saturated rings. The number of guanidine groups is 1. The summed E-state index contributed by atoms with van der Waals surface area (Å²) >= 11 is 6.07. The molecule has 1 atom stereocenters. The highest BCUT2D eigenvalue weighted by atomic mass is 127. The van der Waals surface area contributed by atoms with Crippen molar-refractivity contribution in [3.05, 3.63) is 58.6 Å². The summed E-state index contributed by atoms with van der Waals surface area (Å²) in [6.07, 6.45) is 0.892. The predicted octanol–water partition coefficient (Wildman–Crippen LogP) is 4.55. The number of aliphatic imine (C=N–C) groups is 1. The molecule has 0 aliphatic carbocycles. The number of hydrogen-bond acceptors (Lipinski definition) is 3. The van der Waals surface area contributed by atoms with Crippen molar-refractivity contribution < 1.29 is 9.47 Å². The van der Waals surface area contributed by atoms with E-state index in [-0.39, 0.29) is 30.0 Å². The molecule has 0 saturated carbocycles. The maximum absolute atomic E-state index is 6.07. The Balaban J connectivity index is 0.00000261. The Morgan fingerprint density at radius 1 is 1.30 bits per heavy atom. The van der Waals surface area contributed by atoms with Gasteiger partial charge in [0.15, 0.2) is 5.96 Å². The number of ether oxygens (including phenoxy) is 2. The third-order valence-electron chi connectivity index (χ3n) is 4.27. The van der Waals surface area contributed by atoms with Crippen molar-refractivity contribution in [1.82, 2.24) is 10.6 Å². The molecular formula is C20H25ClIN3O2. The average Bonchev–Trinajstić information content (AvgIpc) is 2.66. The molecular weight excluding hydrogens is 477 g/mol. The molecule has 146 valence electrons. The Kier molecular flexibility index (Phi) is 8.50. The van der Waals surface area contributed by atoms with Gasteiger partial charge >= 0.3 is 0 Å². The van der Waals surface area contributed by atoms with Crippen molar-refractivity contribution in [3.8, 4) is 11.5 Å². The highest BCUT2D eigenvalue weighted by Gasteiger charge is 2.21. The fourth-order valence-corrected chi connectivity index (χ4v) is 3.16. The van der Waals surface area contributed by atoms with Gasteiger partial charge in [-0.2, -0.15) is 0 Å². The third-order valence-corrected chi connectivity index (χ3v) is 4.50. The molecule has 1 unspecified atom stereocenters. The second kappa shape index (κ2) is 10.6. The molecule has 3 rings (SSSR count). The van der Waals surface area contributed by atoms with Gasteiger partial charge in [0, 0.05) is 36.2 Å². The number of nitrogens with zero attached hydrogens (tertiary/aromatic N) is 1. The summed E-state index contributed by atoms with van der Waals surface area (Å²) in [6, 6.07) is 14.0. The number of halogens is 2. The lowest BCUT2D eigenvalue weighted by molar-refractivity contribution is 0.261. The highest BCUT2D eigenvalue weighted by Crippen LogP contribution is 2.31. The minimum Gasteiger partial charge on any atom is -0.493 e. The van der Waals surface area contributed by atoms with E-state index in [0.717, 1.165) is 35.0 Å². The number of fused-ring (bicyclic) bond motifs is 1. The topological polar surface area (TPSA) is 54.9 Å². The van der Waals surface area contributed by atoms with Gasteiger partial charge in [0.2, 0.25) is 0 Å². The molecule has 0 saturated heterocycles. The monoisotopic (exact) mass is 501 g/mol. The highest BCUT2D eigenvalue weighted by molar-refractivity contribution is 14.0. The van der Waals surface area contributed by atoms with Gasteiger partial charge in [0.25, 0.3) is 0 Å². The number of benzene rings is 2. The summed E-state index contributed by atoms with van der Waals surface area (Å²) in [4.78, 5) is 4.35. The second-order valence-electron chi connectivity index (χ2n) is 5.98. The SMILES string of the molecule is CCOc1cc(Cl)ccc1CNC(=NC)NC1CCOc2ccccc21.I. The van der Waals surface area contributed by atoms with Crippen LogP contribution in [0.3, 0.4) is 0 Å². The molecule has 0 spiro atoms. The molecule has 0 aromatic heterocycles. The number of rotatable bonds is 5. The molecule has 27 heavy (non-hydrogen) atoms. The Bertz CT molecular complexity index is 786. The Hall–Kier alpha value is -1.67. The number of para-hydroxylation sites is 1. The van der Waals surface area contributed by atoms with Crippen molar-refractivity contribution in [1.29, 1.82) is 0 Å². The molecule has 0 amide bonds. The van der Waals surface area contributed by atoms with Crippen LogP contribution in [0, 0.1) is 0 Å². The van der Waals surface area contributed by atoms with Gasteiger partial charge in [0.1, 0.15) is 11.5 Å². The molecule has 5 nitrogen and oxygen atoms in total. The summed E-state index contributed by atoms with van der Waals surface area (Å²) in [5, 5.41) is 7.51. The first-order valence-corrected chi connectivity index (χ1v) is 9.19. The van der Waals surface area contributed by atoms with Gasteiger partial charge in [-0.3, -0.25) is 4.99 Å². The van der Waals surface area contributed by atoms with Crippen LogP contribution in [-0.4, -0.2) is 26.2 Å². The largest absolute Gasteiger partial charge is 0.493 e. The van der Waals surface area contributed by atoms with Crippen LogP contribution in [0.4, 0.5) is 0 Å². The molecule has 2 N–H and O–H groups in total. The minimum atomic E-state index is 0. The van der Waals surface area contributed by atoms with Gasteiger partial charge in [-0.15, -0.1) is 24.0 Å². The number of nitrogens with one attached hydrogen (secondary N) is 2. The van der Waals surface area contributed by atoms with Crippen LogP contribution in [0.25, 0.3) is 0 Å². The van der Waals surface area contributed by atoms with Gasteiger partial charge in [0.05, 0.1) is 19.3 Å². The van der Waals surface area contributed by atoms with E-state index in [2.05, 4.69) is 21.7 Å². The summed E-state index contributed by atoms with van der Waals surface area (Å²) < 4.78 is 11.4. The predicted molar refractivity (Wildman–Crippen MR) is 121 cm³/mol. The van der Waals surface area contributed by atoms with Crippen molar-refractivity contribution in [3.63, 3.8) is 0 Å². The van der Waals surface area contributed by atoms with E-state index >= 15 is 0 Å². The van der Waals surface area contributed by atoms with E-state index in [1.807, 2.05) is 43.3 Å². The average molecular weight is 502 g/mol. The molecule has 2 aromatic rings. The fourth-order valence-electron chi connectivity index (χ4n) is 2.99. The van der Waals surface area contributed by atoms with Gasteiger partial charge in [-0.05, 0) is 25.1 Å². The first-order valence-electron chi connectivity index (χ1n) is 8.81. The first-order chi connectivity index (χ1) is 12.7. The molecule has 1 aliphatic heterocycles. The zero-order valence-corrected chi connectivity index (χ0v) is 18.6. The van der Waals surface area contributed by atoms with Crippen LogP contribution in [0.1, 0.15) is 30.5 Å². The van der Waals surface area contributed by atoms with Crippen molar-refractivity contribution >= 4 is 41.5 Å². The Morgan fingerprint density at radius 3 is 2.89 bits per heavy atom. The maximum atomic E-state index is 6.07. The second-order valence-corrected chi connectivity index (χ2v) is 6.42. The minimum absolute atomic E-state index is 0. The van der Waals surface area contributed by atoms with E-state index in [0.29, 0.717) is 24.8 Å². The van der Waals surface area contributed by atoms with Gasteiger partial charge in [-0.1, -0.05) is 35.9 Å². The summed E-state index contributed by atoms with van der Waals surface area (Å²) in [7, 11) is 1.77. The quantitative estimate of drug-likeness (QED) is 0.359. The zero-order valence-electron chi connectivity index (χ0n) is 15.5. The molecule has 1 heterocycles. The van der Waals surface area contributed by atoms with Crippen LogP contribution in [-0.2, 0) is 6.54 Å². The van der Waals surface area contributed by atoms with Crippen LogP contribution in [0.15, 0.2) is 47.5 Å². The van der Waals surface area contributed by atoms with Crippen LogP contribution in [0.2, 0.25) is 5.02 Å². The third kappa shape index (κ3) is 5.65. The van der Waals surface area contributed by atoms with Crippen LogP contribution < -0.4 is 20.1 Å². The van der Waals surface area contributed by atoms with E-state index in [4.69, 9.17) is 21.1 Å². The normalized spacial score (nSPS) is 15.8. The molecule has 0 radical (unpaired) electrons. The van der Waals surface area contributed by atoms with Gasteiger partial charge in [-0.25, -0.2) is 0 Å². The summed E-state index contributed by atoms with van der Waals surface area (Å²) in [5.74, 6) is 2.46. The lowest BCUT2D eigenvalue weighted by Crippen LogP contribution is -2.40. The molecule has 0 bridgehead atoms. The maximum Gasteiger partial charge on any atom is 0.191 e. The lowest BCUT2D eigenvalue weighted by atomic mass is 10.0. The first kappa shape index (κ1) is 21.6. The Labute approximate surface area is 182 Å². The van der Waals surface area contributed by atoms with E-state index in [9.17, 15) is 0 Å². The lowest BCUT2D eigenvalue weighted by Gasteiger charge is -2.28. The van der Waals surface area contributed by atoms with Crippen molar-refractivity contribution in [2.45, 2.75) is 25.9 Å². The zero-order chi connectivity index (χ0) is 18.4. The molecule has 2 aromatic carbocycles. The molecule has 7 heteroatoms. The molecule has 1 aliphatic rings. The van der Waals surface area contributed by atoms with Crippen LogP contribution >= 0.6 is 35.6 Å². The number of hydrogen-bond donors (Lipinski definition) is 2. The van der Waals surface area contributed by atoms with E-state index in [1.165, 1.54) is 0 Å². The smallest absolute Gasteiger partial charge is 0.191 e. The van der Waals surface area contributed by atoms with E-state index in [1.54, 1.807) is 7.05 Å². The van der Waals surface area contributed by atoms with Gasteiger partial charge < -0.3 is 20.1 Å². The van der Waals surface area contributed by atoms with Crippen molar-refractivity contribution in [2.24, 2.45) is 4.99 Å². The Morgan fingerprint density at radius 2 is 2.11 bits per heavy atom.